The average molecular weight is 418 g/mol. The third-order valence-electron chi connectivity index (χ3n) is 5.58. The Morgan fingerprint density at radius 1 is 1.19 bits per heavy atom. The summed E-state index contributed by atoms with van der Waals surface area (Å²) in [5.41, 5.74) is 4.08. The second kappa shape index (κ2) is 7.16. The van der Waals surface area contributed by atoms with Crippen molar-refractivity contribution in [2.24, 2.45) is 0 Å². The highest BCUT2D eigenvalue weighted by atomic mass is 19.1. The monoisotopic (exact) mass is 418 g/mol. The van der Waals surface area contributed by atoms with Crippen LogP contribution in [0, 0.1) is 12.7 Å². The zero-order valence-corrected chi connectivity index (χ0v) is 17.0. The summed E-state index contributed by atoms with van der Waals surface area (Å²) in [5, 5.41) is 15.6. The lowest BCUT2D eigenvalue weighted by atomic mass is 9.93. The third kappa shape index (κ3) is 3.30. The molecule has 0 saturated carbocycles. The van der Waals surface area contributed by atoms with E-state index in [2.05, 4.69) is 15.1 Å². The number of carbonyl (C=O) groups excluding carboxylic acids is 1. The van der Waals surface area contributed by atoms with Gasteiger partial charge in [-0.25, -0.2) is 4.39 Å². The van der Waals surface area contributed by atoms with Gasteiger partial charge in [-0.3, -0.25) is 9.78 Å². The van der Waals surface area contributed by atoms with Crippen LogP contribution >= 0.6 is 0 Å². The van der Waals surface area contributed by atoms with E-state index >= 15 is 0 Å². The van der Waals surface area contributed by atoms with Gasteiger partial charge in [-0.05, 0) is 46.9 Å². The molecule has 1 amide bonds. The Morgan fingerprint density at radius 2 is 1.97 bits per heavy atom. The molecule has 1 aliphatic heterocycles. The maximum absolute atomic E-state index is 13.2. The van der Waals surface area contributed by atoms with Crippen molar-refractivity contribution in [2.75, 3.05) is 7.05 Å². The molecule has 8 heteroatoms. The van der Waals surface area contributed by atoms with Crippen LogP contribution in [0.1, 0.15) is 44.3 Å². The van der Waals surface area contributed by atoms with Crippen LogP contribution < -0.4 is 0 Å². The lowest BCUT2D eigenvalue weighted by Crippen LogP contribution is -2.17. The zero-order valence-electron chi connectivity index (χ0n) is 17.0. The van der Waals surface area contributed by atoms with Crippen molar-refractivity contribution in [1.29, 1.82) is 0 Å². The van der Waals surface area contributed by atoms with Crippen LogP contribution in [-0.2, 0) is 19.4 Å². The Labute approximate surface area is 177 Å². The van der Waals surface area contributed by atoms with Crippen molar-refractivity contribution in [3.05, 3.63) is 81.9 Å². The lowest BCUT2D eigenvalue weighted by molar-refractivity contribution is 0.0814. The number of aryl methyl sites for hydroxylation is 1. The molecular weight excluding hydrogens is 399 g/mol. The number of carbonyl (C=O) groups is 1. The maximum atomic E-state index is 13.2. The molecule has 5 rings (SSSR count). The number of halogens is 1. The summed E-state index contributed by atoms with van der Waals surface area (Å²) < 4.78 is 18.4. The van der Waals surface area contributed by atoms with Crippen molar-refractivity contribution < 1.29 is 18.8 Å². The van der Waals surface area contributed by atoms with Gasteiger partial charge in [0.2, 0.25) is 5.89 Å². The van der Waals surface area contributed by atoms with Gasteiger partial charge < -0.3 is 14.5 Å². The number of phenolic OH excluding ortho intramolecular Hbond substituents is 1. The molecule has 156 valence electrons. The minimum atomic E-state index is -0.285. The molecule has 0 bridgehead atoms. The van der Waals surface area contributed by atoms with Gasteiger partial charge in [-0.15, -0.1) is 0 Å². The van der Waals surface area contributed by atoms with E-state index in [4.69, 9.17) is 4.52 Å². The summed E-state index contributed by atoms with van der Waals surface area (Å²) >= 11 is 0. The first-order valence-electron chi connectivity index (χ1n) is 9.85. The van der Waals surface area contributed by atoms with E-state index in [0.717, 1.165) is 27.6 Å². The summed E-state index contributed by atoms with van der Waals surface area (Å²) in [6, 6.07) is 8.27. The van der Waals surface area contributed by atoms with Crippen molar-refractivity contribution in [1.82, 2.24) is 20.0 Å². The molecule has 1 aliphatic rings. The van der Waals surface area contributed by atoms with E-state index in [-0.39, 0.29) is 23.0 Å². The molecule has 3 heterocycles. The Hall–Kier alpha value is -3.81. The SMILES string of the molecule is Cc1nc(Cc2c3c(c(O)c4ncc(Cc5ccc(F)cc5)cc24)C(=O)N(C)C3)no1. The van der Waals surface area contributed by atoms with Crippen molar-refractivity contribution in [2.45, 2.75) is 26.3 Å². The number of rotatable bonds is 4. The van der Waals surface area contributed by atoms with Crippen molar-refractivity contribution >= 4 is 16.8 Å². The van der Waals surface area contributed by atoms with Gasteiger partial charge in [0.25, 0.3) is 5.91 Å². The first-order valence-corrected chi connectivity index (χ1v) is 9.85. The molecule has 1 N–H and O–H groups in total. The Balaban J connectivity index is 1.68. The van der Waals surface area contributed by atoms with Gasteiger partial charge in [0.05, 0.1) is 5.56 Å². The number of hydrogen-bond donors (Lipinski definition) is 1. The van der Waals surface area contributed by atoms with Gasteiger partial charge in [-0.1, -0.05) is 17.3 Å². The van der Waals surface area contributed by atoms with Crippen LogP contribution in [0.3, 0.4) is 0 Å². The standard InChI is InChI=1S/C23H19FN4O3/c1-12-26-19(27-31-12)9-16-17-8-14(7-13-3-5-15(24)6-4-13)10-25-21(17)22(29)20-18(16)11-28(2)23(20)30/h3-6,8,10,29H,7,9,11H2,1-2H3. The number of amides is 1. The smallest absolute Gasteiger partial charge is 0.258 e. The second-order valence-corrected chi connectivity index (χ2v) is 7.79. The molecule has 2 aromatic carbocycles. The Kier molecular flexibility index (Phi) is 4.43. The van der Waals surface area contributed by atoms with E-state index in [1.807, 2.05) is 6.07 Å². The highest BCUT2D eigenvalue weighted by Gasteiger charge is 2.33. The van der Waals surface area contributed by atoms with Crippen LogP contribution in [0.2, 0.25) is 0 Å². The topological polar surface area (TPSA) is 92.4 Å². The highest BCUT2D eigenvalue weighted by molar-refractivity contribution is 6.07. The molecule has 0 saturated heterocycles. The summed E-state index contributed by atoms with van der Waals surface area (Å²) in [4.78, 5) is 23.0. The lowest BCUT2D eigenvalue weighted by Gasteiger charge is -2.13. The summed E-state index contributed by atoms with van der Waals surface area (Å²) in [6.45, 7) is 2.10. The van der Waals surface area contributed by atoms with Gasteiger partial charge in [-0.2, -0.15) is 4.98 Å². The largest absolute Gasteiger partial charge is 0.505 e. The van der Waals surface area contributed by atoms with Crippen LogP contribution in [0.25, 0.3) is 10.9 Å². The van der Waals surface area contributed by atoms with Crippen LogP contribution in [0.5, 0.6) is 5.75 Å². The van der Waals surface area contributed by atoms with Gasteiger partial charge in [0.15, 0.2) is 11.6 Å². The first kappa shape index (κ1) is 19.2. The number of nitrogens with zero attached hydrogens (tertiary/aromatic N) is 4. The normalized spacial score (nSPS) is 13.3. The molecule has 0 spiro atoms. The van der Waals surface area contributed by atoms with Gasteiger partial charge >= 0.3 is 0 Å². The van der Waals surface area contributed by atoms with Gasteiger partial charge in [0, 0.05) is 38.5 Å². The van der Waals surface area contributed by atoms with Crippen molar-refractivity contribution in [3.63, 3.8) is 0 Å². The third-order valence-corrected chi connectivity index (χ3v) is 5.58. The summed E-state index contributed by atoms with van der Waals surface area (Å²) in [7, 11) is 1.70. The number of phenols is 1. The number of fused-ring (bicyclic) bond motifs is 2. The fourth-order valence-corrected chi connectivity index (χ4v) is 4.11. The minimum Gasteiger partial charge on any atom is -0.505 e. The molecule has 7 nitrogen and oxygen atoms in total. The molecule has 0 atom stereocenters. The van der Waals surface area contributed by atoms with E-state index < -0.39 is 0 Å². The number of benzene rings is 2. The number of aromatic hydroxyl groups is 1. The Morgan fingerprint density at radius 3 is 2.68 bits per heavy atom. The predicted molar refractivity (Wildman–Crippen MR) is 110 cm³/mol. The molecule has 0 radical (unpaired) electrons. The average Bonchev–Trinajstić information content (AvgIpc) is 3.29. The van der Waals surface area contributed by atoms with E-state index in [9.17, 15) is 14.3 Å². The molecule has 0 unspecified atom stereocenters. The van der Waals surface area contributed by atoms with E-state index in [1.54, 1.807) is 37.2 Å². The second-order valence-electron chi connectivity index (χ2n) is 7.79. The number of hydrogen-bond acceptors (Lipinski definition) is 6. The maximum Gasteiger partial charge on any atom is 0.258 e. The fourth-order valence-electron chi connectivity index (χ4n) is 4.11. The van der Waals surface area contributed by atoms with Crippen LogP contribution in [0.15, 0.2) is 41.1 Å². The van der Waals surface area contributed by atoms with E-state index in [0.29, 0.717) is 36.6 Å². The molecular formula is C23H19FN4O3. The Bertz CT molecular complexity index is 1330. The van der Waals surface area contributed by atoms with E-state index in [1.165, 1.54) is 12.1 Å². The summed E-state index contributed by atoms with van der Waals surface area (Å²) in [6.07, 6.45) is 2.57. The van der Waals surface area contributed by atoms with Crippen molar-refractivity contribution in [3.8, 4) is 5.75 Å². The fraction of sp³-hybridized carbons (Fsp3) is 0.217. The highest BCUT2D eigenvalue weighted by Crippen LogP contribution is 2.40. The zero-order chi connectivity index (χ0) is 21.7. The minimum absolute atomic E-state index is 0.110. The predicted octanol–water partition coefficient (Wildman–Crippen LogP) is 3.54. The molecule has 0 aliphatic carbocycles. The first-order chi connectivity index (χ1) is 14.9. The number of pyridine rings is 1. The molecule has 0 fully saturated rings. The van der Waals surface area contributed by atoms with Crippen LogP contribution in [-0.4, -0.2) is 38.1 Å². The number of aromatic nitrogens is 3. The quantitative estimate of drug-likeness (QED) is 0.545. The summed E-state index contributed by atoms with van der Waals surface area (Å²) in [5.74, 6) is 0.320. The molecule has 31 heavy (non-hydrogen) atoms. The van der Waals surface area contributed by atoms with Gasteiger partial charge in [0.1, 0.15) is 11.3 Å². The van der Waals surface area contributed by atoms with Crippen LogP contribution in [0.4, 0.5) is 4.39 Å². The molecule has 4 aromatic rings. The molecule has 2 aromatic heterocycles.